The van der Waals surface area contributed by atoms with Gasteiger partial charge in [-0.2, -0.15) is 0 Å². The van der Waals surface area contributed by atoms with E-state index in [-0.39, 0.29) is 0 Å². The van der Waals surface area contributed by atoms with Crippen molar-refractivity contribution in [2.24, 2.45) is 23.0 Å². The highest BCUT2D eigenvalue weighted by Gasteiger charge is 2.47. The van der Waals surface area contributed by atoms with E-state index in [0.717, 1.165) is 18.4 Å². The molecule has 2 aliphatic rings. The topological polar surface area (TPSA) is 29.3 Å². The van der Waals surface area contributed by atoms with Crippen LogP contribution in [0.2, 0.25) is 0 Å². The van der Waals surface area contributed by atoms with Gasteiger partial charge in [0.25, 0.3) is 0 Å². The lowest BCUT2D eigenvalue weighted by molar-refractivity contribution is 0.0771. The largest absolute Gasteiger partial charge is 0.329 e. The van der Waals surface area contributed by atoms with Gasteiger partial charge in [0.15, 0.2) is 0 Å². The average molecular weight is 238 g/mol. The van der Waals surface area contributed by atoms with E-state index in [2.05, 4.69) is 32.6 Å². The highest BCUT2D eigenvalue weighted by atomic mass is 15.2. The molecule has 0 aromatic rings. The number of hydrogen-bond donors (Lipinski definition) is 1. The maximum absolute atomic E-state index is 6.15. The van der Waals surface area contributed by atoms with Gasteiger partial charge in [-0.25, -0.2) is 0 Å². The van der Waals surface area contributed by atoms with Gasteiger partial charge in [-0.15, -0.1) is 0 Å². The molecule has 0 aromatic carbocycles. The first-order chi connectivity index (χ1) is 7.90. The summed E-state index contributed by atoms with van der Waals surface area (Å²) < 4.78 is 0. The fraction of sp³-hybridized carbons (Fsp3) is 1.00. The zero-order valence-corrected chi connectivity index (χ0v) is 12.1. The Hall–Kier alpha value is -0.0800. The van der Waals surface area contributed by atoms with E-state index in [0.29, 0.717) is 11.0 Å². The van der Waals surface area contributed by atoms with Crippen LogP contribution in [-0.4, -0.2) is 30.1 Å². The normalized spacial score (nSPS) is 40.1. The molecule has 0 amide bonds. The molecule has 0 radical (unpaired) electrons. The first-order valence-electron chi connectivity index (χ1n) is 7.35. The summed E-state index contributed by atoms with van der Waals surface area (Å²) in [6.07, 6.45) is 5.42. The van der Waals surface area contributed by atoms with Gasteiger partial charge in [-0.3, -0.25) is 4.90 Å². The second-order valence-corrected chi connectivity index (χ2v) is 7.40. The molecule has 1 heterocycles. The van der Waals surface area contributed by atoms with Crippen molar-refractivity contribution >= 4 is 0 Å². The molecule has 2 N–H and O–H groups in total. The minimum atomic E-state index is 0.333. The van der Waals surface area contributed by atoms with E-state index < -0.39 is 0 Å². The predicted octanol–water partition coefficient (Wildman–Crippen LogP) is 2.87. The Bertz CT molecular complexity index is 269. The van der Waals surface area contributed by atoms with Crippen LogP contribution in [0.15, 0.2) is 0 Å². The molecule has 2 heteroatoms. The molecule has 2 rings (SSSR count). The lowest BCUT2D eigenvalue weighted by Crippen LogP contribution is -2.55. The smallest absolute Gasteiger partial charge is 0.0357 e. The molecule has 17 heavy (non-hydrogen) atoms. The SMILES string of the molecule is CC1CCCC1(CN)N1CCC(C(C)(C)C)C1. The molecule has 0 bridgehead atoms. The van der Waals surface area contributed by atoms with E-state index in [1.54, 1.807) is 0 Å². The van der Waals surface area contributed by atoms with Gasteiger partial charge in [0.1, 0.15) is 0 Å². The maximum atomic E-state index is 6.15. The maximum Gasteiger partial charge on any atom is 0.0357 e. The zero-order valence-electron chi connectivity index (χ0n) is 12.1. The standard InChI is InChI=1S/C15H30N2/c1-12-6-5-8-15(12,11-16)17-9-7-13(10-17)14(2,3)4/h12-13H,5-11,16H2,1-4H3. The van der Waals surface area contributed by atoms with Crippen molar-refractivity contribution in [2.45, 2.75) is 58.9 Å². The Morgan fingerprint density at radius 1 is 1.29 bits per heavy atom. The quantitative estimate of drug-likeness (QED) is 0.801. The van der Waals surface area contributed by atoms with Crippen LogP contribution in [0.25, 0.3) is 0 Å². The number of likely N-dealkylation sites (tertiary alicyclic amines) is 1. The summed E-state index contributed by atoms with van der Waals surface area (Å²) in [5.74, 6) is 1.63. The van der Waals surface area contributed by atoms with E-state index >= 15 is 0 Å². The Morgan fingerprint density at radius 2 is 2.00 bits per heavy atom. The molecule has 1 aliphatic heterocycles. The fourth-order valence-corrected chi connectivity index (χ4v) is 4.00. The lowest BCUT2D eigenvalue weighted by atomic mass is 9.80. The third-order valence-electron chi connectivity index (χ3n) is 5.56. The van der Waals surface area contributed by atoms with Gasteiger partial charge in [0.2, 0.25) is 0 Å². The summed E-state index contributed by atoms with van der Waals surface area (Å²) in [4.78, 5) is 2.74. The van der Waals surface area contributed by atoms with Gasteiger partial charge in [-0.05, 0) is 43.1 Å². The van der Waals surface area contributed by atoms with Crippen LogP contribution in [-0.2, 0) is 0 Å². The minimum Gasteiger partial charge on any atom is -0.329 e. The van der Waals surface area contributed by atoms with Crippen LogP contribution >= 0.6 is 0 Å². The van der Waals surface area contributed by atoms with Crippen molar-refractivity contribution in [1.29, 1.82) is 0 Å². The summed E-state index contributed by atoms with van der Waals surface area (Å²) in [6.45, 7) is 12.9. The molecule has 1 aliphatic carbocycles. The van der Waals surface area contributed by atoms with Crippen molar-refractivity contribution in [2.75, 3.05) is 19.6 Å². The van der Waals surface area contributed by atoms with Crippen LogP contribution in [0.4, 0.5) is 0 Å². The Kier molecular flexibility index (Phi) is 3.57. The van der Waals surface area contributed by atoms with E-state index in [9.17, 15) is 0 Å². The molecule has 3 atom stereocenters. The van der Waals surface area contributed by atoms with E-state index in [1.807, 2.05) is 0 Å². The van der Waals surface area contributed by atoms with Crippen LogP contribution < -0.4 is 5.73 Å². The van der Waals surface area contributed by atoms with Gasteiger partial charge in [0.05, 0.1) is 0 Å². The van der Waals surface area contributed by atoms with Crippen LogP contribution in [0, 0.1) is 17.3 Å². The molecule has 1 saturated heterocycles. The molecule has 0 spiro atoms. The van der Waals surface area contributed by atoms with Gasteiger partial charge in [0, 0.05) is 18.6 Å². The molecule has 0 aromatic heterocycles. The monoisotopic (exact) mass is 238 g/mol. The number of rotatable bonds is 2. The summed E-state index contributed by atoms with van der Waals surface area (Å²) >= 11 is 0. The summed E-state index contributed by atoms with van der Waals surface area (Å²) in [7, 11) is 0. The Balaban J connectivity index is 2.09. The highest BCUT2D eigenvalue weighted by molar-refractivity contribution is 5.03. The fourth-order valence-electron chi connectivity index (χ4n) is 4.00. The molecule has 100 valence electrons. The lowest BCUT2D eigenvalue weighted by Gasteiger charge is -2.42. The first-order valence-corrected chi connectivity index (χ1v) is 7.35. The molecule has 2 nitrogen and oxygen atoms in total. The molecular formula is C15H30N2. The molecular weight excluding hydrogens is 208 g/mol. The Labute approximate surface area is 107 Å². The van der Waals surface area contributed by atoms with E-state index in [1.165, 1.54) is 38.8 Å². The van der Waals surface area contributed by atoms with Crippen molar-refractivity contribution < 1.29 is 0 Å². The van der Waals surface area contributed by atoms with Crippen molar-refractivity contribution in [3.05, 3.63) is 0 Å². The van der Waals surface area contributed by atoms with Crippen molar-refractivity contribution in [3.63, 3.8) is 0 Å². The average Bonchev–Trinajstić information content (AvgIpc) is 2.83. The molecule has 3 unspecified atom stereocenters. The third-order valence-corrected chi connectivity index (χ3v) is 5.56. The van der Waals surface area contributed by atoms with E-state index in [4.69, 9.17) is 5.73 Å². The van der Waals surface area contributed by atoms with Crippen LogP contribution in [0.1, 0.15) is 53.4 Å². The minimum absolute atomic E-state index is 0.333. The van der Waals surface area contributed by atoms with Crippen LogP contribution in [0.3, 0.4) is 0 Å². The summed E-state index contributed by atoms with van der Waals surface area (Å²) in [5, 5.41) is 0. The number of hydrogen-bond acceptors (Lipinski definition) is 2. The van der Waals surface area contributed by atoms with Gasteiger partial charge >= 0.3 is 0 Å². The number of nitrogens with zero attached hydrogens (tertiary/aromatic N) is 1. The second-order valence-electron chi connectivity index (χ2n) is 7.40. The second kappa shape index (κ2) is 4.55. The zero-order chi connectivity index (χ0) is 12.7. The van der Waals surface area contributed by atoms with Crippen LogP contribution in [0.5, 0.6) is 0 Å². The van der Waals surface area contributed by atoms with Crippen molar-refractivity contribution in [1.82, 2.24) is 4.90 Å². The number of nitrogens with two attached hydrogens (primary N) is 1. The highest BCUT2D eigenvalue weighted by Crippen LogP contribution is 2.44. The summed E-state index contributed by atoms with van der Waals surface area (Å²) in [5.41, 5.74) is 6.94. The first kappa shape index (κ1) is 13.4. The summed E-state index contributed by atoms with van der Waals surface area (Å²) in [6, 6.07) is 0. The predicted molar refractivity (Wildman–Crippen MR) is 73.9 cm³/mol. The van der Waals surface area contributed by atoms with Gasteiger partial charge in [-0.1, -0.05) is 34.1 Å². The van der Waals surface area contributed by atoms with Crippen molar-refractivity contribution in [3.8, 4) is 0 Å². The Morgan fingerprint density at radius 3 is 2.41 bits per heavy atom. The molecule has 1 saturated carbocycles. The third kappa shape index (κ3) is 2.26. The van der Waals surface area contributed by atoms with Gasteiger partial charge < -0.3 is 5.73 Å². The molecule has 2 fully saturated rings.